The number of hydrazone groups is 1. The van der Waals surface area contributed by atoms with Gasteiger partial charge in [-0.15, -0.1) is 0 Å². The molecule has 0 saturated carbocycles. The molecule has 0 heterocycles. The predicted octanol–water partition coefficient (Wildman–Crippen LogP) is 2.98. The number of nitrogens with zero attached hydrogens (tertiary/aromatic N) is 1. The van der Waals surface area contributed by atoms with Gasteiger partial charge < -0.3 is 20.1 Å². The minimum Gasteiger partial charge on any atom is -0.493 e. The Kier molecular flexibility index (Phi) is 9.80. The number of hydrogen-bond acceptors (Lipinski definition) is 6. The Labute approximate surface area is 198 Å². The lowest BCUT2D eigenvalue weighted by Gasteiger charge is -2.12. The van der Waals surface area contributed by atoms with Crippen LogP contribution in [0, 0.1) is 5.82 Å². The zero-order valence-electron chi connectivity index (χ0n) is 18.3. The molecule has 0 radical (unpaired) electrons. The fourth-order valence-corrected chi connectivity index (χ4v) is 2.74. The van der Waals surface area contributed by atoms with E-state index in [4.69, 9.17) is 9.47 Å². The maximum atomic E-state index is 13.8. The van der Waals surface area contributed by atoms with E-state index in [0.717, 1.165) is 0 Å². The first kappa shape index (κ1) is 25.8. The molecular weight excluding hydrogens is 499 g/mol. The lowest BCUT2D eigenvalue weighted by atomic mass is 10.2. The molecule has 0 saturated heterocycles. The lowest BCUT2D eigenvalue weighted by Crippen LogP contribution is -2.41. The van der Waals surface area contributed by atoms with E-state index in [1.165, 1.54) is 25.5 Å². The monoisotopic (exact) mass is 522 g/mol. The van der Waals surface area contributed by atoms with E-state index < -0.39 is 23.5 Å². The summed E-state index contributed by atoms with van der Waals surface area (Å²) in [5.41, 5.74) is 2.72. The van der Waals surface area contributed by atoms with Gasteiger partial charge in [0.1, 0.15) is 5.82 Å². The third-order valence-electron chi connectivity index (χ3n) is 4.33. The zero-order valence-corrected chi connectivity index (χ0v) is 19.9. The number of rotatable bonds is 9. The van der Waals surface area contributed by atoms with E-state index in [-0.39, 0.29) is 24.1 Å². The summed E-state index contributed by atoms with van der Waals surface area (Å²) >= 11 is 3.15. The Balaban J connectivity index is 1.93. The Bertz CT molecular complexity index is 1050. The smallest absolute Gasteiger partial charge is 0.329 e. The van der Waals surface area contributed by atoms with Gasteiger partial charge in [-0.05, 0) is 55.3 Å². The fraction of sp³-hybridized carbons (Fsp3) is 0.273. The summed E-state index contributed by atoms with van der Waals surface area (Å²) in [6.07, 6.45) is 2.02. The van der Waals surface area contributed by atoms with Crippen molar-refractivity contribution in [3.8, 4) is 11.5 Å². The molecule has 9 nitrogen and oxygen atoms in total. The molecule has 11 heteroatoms. The molecule has 1 atom stereocenters. The minimum absolute atomic E-state index is 0.0326. The van der Waals surface area contributed by atoms with Crippen LogP contribution in [0.1, 0.15) is 25.8 Å². The van der Waals surface area contributed by atoms with Crippen LogP contribution in [-0.2, 0) is 14.4 Å². The molecule has 2 rings (SSSR count). The highest BCUT2D eigenvalue weighted by Gasteiger charge is 2.14. The molecule has 0 fully saturated rings. The highest BCUT2D eigenvalue weighted by molar-refractivity contribution is 9.10. The van der Waals surface area contributed by atoms with Gasteiger partial charge >= 0.3 is 11.8 Å². The third-order valence-corrected chi connectivity index (χ3v) is 4.82. The van der Waals surface area contributed by atoms with Gasteiger partial charge in [-0.2, -0.15) is 5.10 Å². The summed E-state index contributed by atoms with van der Waals surface area (Å²) in [6, 6.07) is 8.86. The van der Waals surface area contributed by atoms with Crippen molar-refractivity contribution in [2.75, 3.05) is 19.0 Å². The molecule has 0 aliphatic rings. The summed E-state index contributed by atoms with van der Waals surface area (Å²) in [5, 5.41) is 8.71. The molecule has 0 aromatic heterocycles. The van der Waals surface area contributed by atoms with Crippen molar-refractivity contribution < 1.29 is 28.2 Å². The van der Waals surface area contributed by atoms with Gasteiger partial charge in [0.2, 0.25) is 0 Å². The standard InChI is InChI=1S/C22H24BrFN4O5/c1-4-13(2)26-21(30)22(31)28-25-11-14-5-8-18(19(9-14)32-3)33-12-20(29)27-17-7-6-15(23)10-16(17)24/h5-11,13H,4,12H2,1-3H3,(H,26,30)(H,27,29)(H,28,31)/b25-11-/t13-/m0/s1. The number of halogens is 2. The molecule has 0 spiro atoms. The van der Waals surface area contributed by atoms with Crippen LogP contribution < -0.4 is 25.5 Å². The fourth-order valence-electron chi connectivity index (χ4n) is 2.41. The number of nitrogens with one attached hydrogen (secondary N) is 3. The average molecular weight is 523 g/mol. The molecule has 0 bridgehead atoms. The number of amides is 3. The molecule has 0 unspecified atom stereocenters. The minimum atomic E-state index is -0.883. The van der Waals surface area contributed by atoms with E-state index in [1.54, 1.807) is 31.2 Å². The van der Waals surface area contributed by atoms with Crippen molar-refractivity contribution in [2.45, 2.75) is 26.3 Å². The highest BCUT2D eigenvalue weighted by atomic mass is 79.9. The van der Waals surface area contributed by atoms with Crippen LogP contribution >= 0.6 is 15.9 Å². The maximum Gasteiger partial charge on any atom is 0.329 e. The summed E-state index contributed by atoms with van der Waals surface area (Å²) in [7, 11) is 1.42. The second-order valence-electron chi connectivity index (χ2n) is 6.85. The van der Waals surface area contributed by atoms with E-state index >= 15 is 0 Å². The summed E-state index contributed by atoms with van der Waals surface area (Å²) in [5.74, 6) is -2.21. The summed E-state index contributed by atoms with van der Waals surface area (Å²) in [4.78, 5) is 35.5. The van der Waals surface area contributed by atoms with Crippen molar-refractivity contribution in [3.05, 3.63) is 52.3 Å². The molecule has 33 heavy (non-hydrogen) atoms. The van der Waals surface area contributed by atoms with E-state index in [1.807, 2.05) is 6.92 Å². The number of carbonyl (C=O) groups is 3. The molecule has 176 valence electrons. The maximum absolute atomic E-state index is 13.8. The van der Waals surface area contributed by atoms with Crippen molar-refractivity contribution in [1.29, 1.82) is 0 Å². The summed E-state index contributed by atoms with van der Waals surface area (Å²) < 4.78 is 25.1. The molecule has 3 amide bonds. The van der Waals surface area contributed by atoms with Crippen molar-refractivity contribution in [3.63, 3.8) is 0 Å². The average Bonchev–Trinajstić information content (AvgIpc) is 2.79. The molecule has 0 aliphatic heterocycles. The molecule has 3 N–H and O–H groups in total. The molecule has 2 aromatic rings. The van der Waals surface area contributed by atoms with Crippen molar-refractivity contribution in [2.24, 2.45) is 5.10 Å². The Morgan fingerprint density at radius 1 is 1.15 bits per heavy atom. The first-order valence-corrected chi connectivity index (χ1v) is 10.7. The second-order valence-corrected chi connectivity index (χ2v) is 7.77. The zero-order chi connectivity index (χ0) is 24.4. The number of carbonyl (C=O) groups excluding carboxylic acids is 3. The van der Waals surface area contributed by atoms with Crippen LogP contribution in [0.15, 0.2) is 46.0 Å². The largest absolute Gasteiger partial charge is 0.493 e. The van der Waals surface area contributed by atoms with E-state index in [9.17, 15) is 18.8 Å². The van der Waals surface area contributed by atoms with Crippen molar-refractivity contribution >= 4 is 45.6 Å². The third kappa shape index (κ3) is 8.19. The van der Waals surface area contributed by atoms with Gasteiger partial charge in [0.25, 0.3) is 5.91 Å². The summed E-state index contributed by atoms with van der Waals surface area (Å²) in [6.45, 7) is 3.30. The number of methoxy groups -OCH3 is 1. The number of hydrogen-bond donors (Lipinski definition) is 3. The van der Waals surface area contributed by atoms with Crippen LogP contribution in [0.25, 0.3) is 0 Å². The first-order chi connectivity index (χ1) is 15.7. The van der Waals surface area contributed by atoms with Crippen LogP contribution in [0.2, 0.25) is 0 Å². The lowest BCUT2D eigenvalue weighted by molar-refractivity contribution is -0.139. The second kappa shape index (κ2) is 12.5. The Morgan fingerprint density at radius 2 is 1.91 bits per heavy atom. The van der Waals surface area contributed by atoms with Gasteiger partial charge in [-0.3, -0.25) is 14.4 Å². The van der Waals surface area contributed by atoms with Crippen LogP contribution in [0.5, 0.6) is 11.5 Å². The first-order valence-electron chi connectivity index (χ1n) is 9.93. The predicted molar refractivity (Wildman–Crippen MR) is 125 cm³/mol. The Hall–Kier alpha value is -3.47. The normalized spacial score (nSPS) is 11.5. The van der Waals surface area contributed by atoms with Crippen LogP contribution in [0.4, 0.5) is 10.1 Å². The van der Waals surface area contributed by atoms with Gasteiger partial charge in [-0.1, -0.05) is 22.9 Å². The van der Waals surface area contributed by atoms with Crippen LogP contribution in [-0.4, -0.2) is 43.7 Å². The van der Waals surface area contributed by atoms with Crippen molar-refractivity contribution in [1.82, 2.24) is 10.7 Å². The van der Waals surface area contributed by atoms with E-state index in [0.29, 0.717) is 22.2 Å². The Morgan fingerprint density at radius 3 is 2.58 bits per heavy atom. The SMILES string of the molecule is CC[C@H](C)NC(=O)C(=O)N/N=C\c1ccc(OCC(=O)Nc2ccc(Br)cc2F)c(OC)c1. The van der Waals surface area contributed by atoms with Gasteiger partial charge in [0.15, 0.2) is 18.1 Å². The quantitative estimate of drug-likeness (QED) is 0.266. The van der Waals surface area contributed by atoms with E-state index in [2.05, 4.69) is 37.1 Å². The van der Waals surface area contributed by atoms with Gasteiger partial charge in [0.05, 0.1) is 19.0 Å². The molecule has 2 aromatic carbocycles. The highest BCUT2D eigenvalue weighted by Crippen LogP contribution is 2.27. The number of anilines is 1. The van der Waals surface area contributed by atoms with Crippen LogP contribution in [0.3, 0.4) is 0 Å². The number of ether oxygens (including phenoxy) is 2. The van der Waals surface area contributed by atoms with Gasteiger partial charge in [0, 0.05) is 10.5 Å². The molecule has 0 aliphatic carbocycles. The molecular formula is C22H24BrFN4O5. The topological polar surface area (TPSA) is 118 Å². The van der Waals surface area contributed by atoms with Gasteiger partial charge in [-0.25, -0.2) is 9.82 Å². The number of benzene rings is 2.